The smallest absolute Gasteiger partial charge is 0.280 e. The Bertz CT molecular complexity index is 775. The number of thiophene rings is 1. The Morgan fingerprint density at radius 3 is 2.58 bits per heavy atom. The molecule has 4 rings (SSSR count). The molecule has 0 bridgehead atoms. The second-order valence-electron chi connectivity index (χ2n) is 5.88. The summed E-state index contributed by atoms with van der Waals surface area (Å²) in [6.45, 7) is 1.09. The van der Waals surface area contributed by atoms with E-state index in [-0.39, 0.29) is 29.5 Å². The summed E-state index contributed by atoms with van der Waals surface area (Å²) in [6.07, 6.45) is 2.72. The first-order chi connectivity index (χ1) is 11.7. The highest BCUT2D eigenvalue weighted by molar-refractivity contribution is 7.12. The van der Waals surface area contributed by atoms with Gasteiger partial charge in [0.15, 0.2) is 0 Å². The maximum Gasteiger partial charge on any atom is 0.280 e. The maximum atomic E-state index is 12.5. The number of pyridine rings is 1. The van der Waals surface area contributed by atoms with Crippen LogP contribution in [0, 0.1) is 0 Å². The molecule has 0 atom stereocenters. The van der Waals surface area contributed by atoms with E-state index in [2.05, 4.69) is 4.98 Å². The van der Waals surface area contributed by atoms with Crippen LogP contribution in [0.1, 0.15) is 43.4 Å². The van der Waals surface area contributed by atoms with Crippen LogP contribution in [0.4, 0.5) is 0 Å². The molecule has 4 heterocycles. The first kappa shape index (κ1) is 15.0. The van der Waals surface area contributed by atoms with Crippen molar-refractivity contribution in [3.05, 3.63) is 52.0 Å². The molecule has 0 unspecified atom stereocenters. The normalized spacial score (nSPS) is 18.2. The summed E-state index contributed by atoms with van der Waals surface area (Å²) in [5, 5.41) is 1.88. The monoisotopic (exact) mass is 341 g/mol. The number of piperidine rings is 1. The topological polar surface area (TPSA) is 70.6 Å². The standard InChI is InChI=1S/C17H15N3O3S/c21-15-12-3-1-7-18-14(12)17(23)20(15)11-5-8-19(9-6-11)16(22)13-4-2-10-24-13/h1-4,7,10-11H,5-6,8-9H2. The minimum absolute atomic E-state index is 0.0208. The number of rotatable bonds is 2. The van der Waals surface area contributed by atoms with Gasteiger partial charge in [-0.3, -0.25) is 24.3 Å². The van der Waals surface area contributed by atoms with Crippen LogP contribution in [0.2, 0.25) is 0 Å². The number of carbonyl (C=O) groups excluding carboxylic acids is 3. The van der Waals surface area contributed by atoms with E-state index in [1.807, 2.05) is 17.5 Å². The van der Waals surface area contributed by atoms with Crippen molar-refractivity contribution in [2.45, 2.75) is 18.9 Å². The van der Waals surface area contributed by atoms with Gasteiger partial charge in [-0.1, -0.05) is 6.07 Å². The minimum atomic E-state index is -0.321. The predicted octanol–water partition coefficient (Wildman–Crippen LogP) is 2.04. The Labute approximate surface area is 142 Å². The Kier molecular flexibility index (Phi) is 3.65. The van der Waals surface area contributed by atoms with Crippen molar-refractivity contribution in [2.75, 3.05) is 13.1 Å². The number of hydrogen-bond donors (Lipinski definition) is 0. The van der Waals surface area contributed by atoms with Gasteiger partial charge in [0.05, 0.1) is 10.4 Å². The van der Waals surface area contributed by atoms with Crippen LogP contribution in [-0.2, 0) is 0 Å². The Hall–Kier alpha value is -2.54. The number of aromatic nitrogens is 1. The molecule has 0 aromatic carbocycles. The van der Waals surface area contributed by atoms with E-state index in [0.29, 0.717) is 31.5 Å². The summed E-state index contributed by atoms with van der Waals surface area (Å²) in [4.78, 5) is 45.2. The molecular formula is C17H15N3O3S. The molecule has 24 heavy (non-hydrogen) atoms. The van der Waals surface area contributed by atoms with Crippen molar-refractivity contribution in [3.63, 3.8) is 0 Å². The van der Waals surface area contributed by atoms with E-state index in [1.165, 1.54) is 22.4 Å². The van der Waals surface area contributed by atoms with Gasteiger partial charge in [0.1, 0.15) is 5.69 Å². The van der Waals surface area contributed by atoms with E-state index in [9.17, 15) is 14.4 Å². The molecule has 2 aromatic rings. The second-order valence-corrected chi connectivity index (χ2v) is 6.83. The van der Waals surface area contributed by atoms with E-state index in [4.69, 9.17) is 0 Å². The summed E-state index contributed by atoms with van der Waals surface area (Å²) in [5.41, 5.74) is 0.610. The Morgan fingerprint density at radius 1 is 1.12 bits per heavy atom. The fourth-order valence-corrected chi connectivity index (χ4v) is 3.99. The van der Waals surface area contributed by atoms with Crippen molar-refractivity contribution in [3.8, 4) is 0 Å². The first-order valence-corrected chi connectivity index (χ1v) is 8.70. The minimum Gasteiger partial charge on any atom is -0.338 e. The molecule has 1 saturated heterocycles. The predicted molar refractivity (Wildman–Crippen MR) is 88.0 cm³/mol. The fourth-order valence-electron chi connectivity index (χ4n) is 3.30. The molecule has 6 nitrogen and oxygen atoms in total. The van der Waals surface area contributed by atoms with E-state index < -0.39 is 0 Å². The number of nitrogens with zero attached hydrogens (tertiary/aromatic N) is 3. The van der Waals surface area contributed by atoms with Crippen LogP contribution in [0.25, 0.3) is 0 Å². The lowest BCUT2D eigenvalue weighted by Crippen LogP contribution is -2.48. The van der Waals surface area contributed by atoms with Gasteiger partial charge in [-0.05, 0) is 36.4 Å². The van der Waals surface area contributed by atoms with Crippen LogP contribution in [-0.4, -0.2) is 51.6 Å². The van der Waals surface area contributed by atoms with Crippen molar-refractivity contribution < 1.29 is 14.4 Å². The van der Waals surface area contributed by atoms with Gasteiger partial charge in [0.25, 0.3) is 17.7 Å². The van der Waals surface area contributed by atoms with Crippen molar-refractivity contribution >= 4 is 29.1 Å². The molecule has 7 heteroatoms. The third kappa shape index (κ3) is 2.32. The van der Waals surface area contributed by atoms with Crippen molar-refractivity contribution in [1.82, 2.24) is 14.8 Å². The zero-order chi connectivity index (χ0) is 16.7. The average molecular weight is 341 g/mol. The van der Waals surface area contributed by atoms with Gasteiger partial charge in [-0.25, -0.2) is 0 Å². The molecule has 0 aliphatic carbocycles. The molecule has 3 amide bonds. The van der Waals surface area contributed by atoms with Crippen LogP contribution in [0.15, 0.2) is 35.8 Å². The largest absolute Gasteiger partial charge is 0.338 e. The van der Waals surface area contributed by atoms with Crippen LogP contribution in [0.5, 0.6) is 0 Å². The number of amides is 3. The fraction of sp³-hybridized carbons (Fsp3) is 0.294. The number of likely N-dealkylation sites (tertiary alicyclic amines) is 1. The zero-order valence-corrected chi connectivity index (χ0v) is 13.7. The number of hydrogen-bond acceptors (Lipinski definition) is 5. The number of carbonyl (C=O) groups is 3. The first-order valence-electron chi connectivity index (χ1n) is 7.82. The van der Waals surface area contributed by atoms with E-state index >= 15 is 0 Å². The molecule has 2 aliphatic rings. The molecule has 0 radical (unpaired) electrons. The summed E-state index contributed by atoms with van der Waals surface area (Å²) >= 11 is 1.43. The van der Waals surface area contributed by atoms with Crippen molar-refractivity contribution in [1.29, 1.82) is 0 Å². The molecule has 2 aliphatic heterocycles. The quantitative estimate of drug-likeness (QED) is 0.784. The molecule has 2 aromatic heterocycles. The Morgan fingerprint density at radius 2 is 1.92 bits per heavy atom. The van der Waals surface area contributed by atoms with Crippen molar-refractivity contribution in [2.24, 2.45) is 0 Å². The maximum absolute atomic E-state index is 12.5. The molecule has 1 fully saturated rings. The van der Waals surface area contributed by atoms with Crippen LogP contribution in [0.3, 0.4) is 0 Å². The van der Waals surface area contributed by atoms with E-state index in [0.717, 1.165) is 4.88 Å². The molecular weight excluding hydrogens is 326 g/mol. The second kappa shape index (κ2) is 5.83. The highest BCUT2D eigenvalue weighted by atomic mass is 32.1. The highest BCUT2D eigenvalue weighted by Crippen LogP contribution is 2.28. The van der Waals surface area contributed by atoms with Crippen LogP contribution >= 0.6 is 11.3 Å². The summed E-state index contributed by atoms with van der Waals surface area (Å²) in [6, 6.07) is 6.80. The number of fused-ring (bicyclic) bond motifs is 1. The molecule has 0 N–H and O–H groups in total. The number of imide groups is 1. The third-order valence-electron chi connectivity index (χ3n) is 4.53. The van der Waals surface area contributed by atoms with Crippen LogP contribution < -0.4 is 0 Å². The summed E-state index contributed by atoms with van der Waals surface area (Å²) < 4.78 is 0. The van der Waals surface area contributed by atoms with E-state index in [1.54, 1.807) is 17.0 Å². The molecule has 122 valence electrons. The molecule has 0 saturated carbocycles. The lowest BCUT2D eigenvalue weighted by molar-refractivity contribution is 0.0478. The van der Waals surface area contributed by atoms with Gasteiger partial charge in [0.2, 0.25) is 0 Å². The average Bonchev–Trinajstić information content (AvgIpc) is 3.23. The van der Waals surface area contributed by atoms with Gasteiger partial charge in [-0.15, -0.1) is 11.3 Å². The molecule has 0 spiro atoms. The lowest BCUT2D eigenvalue weighted by atomic mass is 10.0. The SMILES string of the molecule is O=C(c1cccs1)N1CCC(N2C(=O)c3cccnc3C2=O)CC1. The van der Waals surface area contributed by atoms with Gasteiger partial charge < -0.3 is 4.90 Å². The summed E-state index contributed by atoms with van der Waals surface area (Å²) in [5.74, 6) is -0.572. The van der Waals surface area contributed by atoms with Gasteiger partial charge >= 0.3 is 0 Å². The van der Waals surface area contributed by atoms with Gasteiger partial charge in [0, 0.05) is 25.3 Å². The zero-order valence-electron chi connectivity index (χ0n) is 12.8. The Balaban J connectivity index is 1.46. The highest BCUT2D eigenvalue weighted by Gasteiger charge is 2.42. The van der Waals surface area contributed by atoms with Gasteiger partial charge in [-0.2, -0.15) is 0 Å². The lowest BCUT2D eigenvalue weighted by Gasteiger charge is -2.35. The third-order valence-corrected chi connectivity index (χ3v) is 5.38. The summed E-state index contributed by atoms with van der Waals surface area (Å²) in [7, 11) is 0.